The SMILES string of the molecule is CC1CCCC(NC(=O)CSc2nnc(-c3ccc(F)cc3)n2C)C1C. The molecular formula is C19H25FN4OS. The van der Waals surface area contributed by atoms with E-state index in [0.717, 1.165) is 12.0 Å². The Labute approximate surface area is 157 Å². The second kappa shape index (κ2) is 8.20. The lowest BCUT2D eigenvalue weighted by atomic mass is 9.78. The highest BCUT2D eigenvalue weighted by Gasteiger charge is 2.28. The average molecular weight is 377 g/mol. The molecule has 1 aromatic carbocycles. The molecule has 0 bridgehead atoms. The average Bonchev–Trinajstić information content (AvgIpc) is 2.99. The molecule has 3 atom stereocenters. The molecule has 26 heavy (non-hydrogen) atoms. The number of carbonyl (C=O) groups is 1. The van der Waals surface area contributed by atoms with Gasteiger partial charge in [0.25, 0.3) is 0 Å². The lowest BCUT2D eigenvalue weighted by Gasteiger charge is -2.34. The number of nitrogens with one attached hydrogen (secondary N) is 1. The Bertz CT molecular complexity index is 761. The van der Waals surface area contributed by atoms with Gasteiger partial charge in [0.05, 0.1) is 5.75 Å². The third kappa shape index (κ3) is 4.26. The Kier molecular flexibility index (Phi) is 5.96. The second-order valence-electron chi connectivity index (χ2n) is 7.10. The van der Waals surface area contributed by atoms with Gasteiger partial charge >= 0.3 is 0 Å². The predicted molar refractivity (Wildman–Crippen MR) is 101 cm³/mol. The Morgan fingerprint density at radius 3 is 2.73 bits per heavy atom. The third-order valence-electron chi connectivity index (χ3n) is 5.32. The lowest BCUT2D eigenvalue weighted by Crippen LogP contribution is -2.44. The van der Waals surface area contributed by atoms with Crippen molar-refractivity contribution in [2.45, 2.75) is 44.3 Å². The number of halogens is 1. The summed E-state index contributed by atoms with van der Waals surface area (Å²) in [5.74, 6) is 1.88. The van der Waals surface area contributed by atoms with Crippen LogP contribution in [0.25, 0.3) is 11.4 Å². The minimum absolute atomic E-state index is 0.0345. The Balaban J connectivity index is 1.58. The van der Waals surface area contributed by atoms with Crippen molar-refractivity contribution in [3.05, 3.63) is 30.1 Å². The molecule has 1 aliphatic carbocycles. The maximum Gasteiger partial charge on any atom is 0.230 e. The molecule has 1 heterocycles. The van der Waals surface area contributed by atoms with Gasteiger partial charge in [0.2, 0.25) is 5.91 Å². The molecule has 140 valence electrons. The van der Waals surface area contributed by atoms with Crippen LogP contribution >= 0.6 is 11.8 Å². The van der Waals surface area contributed by atoms with Crippen LogP contribution < -0.4 is 5.32 Å². The summed E-state index contributed by atoms with van der Waals surface area (Å²) in [4.78, 5) is 12.3. The van der Waals surface area contributed by atoms with Crippen molar-refractivity contribution in [2.75, 3.05) is 5.75 Å². The first-order valence-corrected chi connectivity index (χ1v) is 10.0. The molecule has 5 nitrogen and oxygen atoms in total. The molecule has 1 aromatic heterocycles. The van der Waals surface area contributed by atoms with Crippen molar-refractivity contribution in [2.24, 2.45) is 18.9 Å². The van der Waals surface area contributed by atoms with Gasteiger partial charge in [-0.2, -0.15) is 0 Å². The number of hydrogen-bond acceptors (Lipinski definition) is 4. The molecule has 1 saturated carbocycles. The van der Waals surface area contributed by atoms with Gasteiger partial charge in [-0.25, -0.2) is 4.39 Å². The van der Waals surface area contributed by atoms with Gasteiger partial charge in [0.1, 0.15) is 5.82 Å². The number of nitrogens with zero attached hydrogens (tertiary/aromatic N) is 3. The smallest absolute Gasteiger partial charge is 0.230 e. The largest absolute Gasteiger partial charge is 0.352 e. The number of hydrogen-bond donors (Lipinski definition) is 1. The number of benzene rings is 1. The monoisotopic (exact) mass is 376 g/mol. The molecule has 1 N–H and O–H groups in total. The number of thioether (sulfide) groups is 1. The fraction of sp³-hybridized carbons (Fsp3) is 0.526. The molecule has 0 spiro atoms. The standard InChI is InChI=1S/C19H25FN4OS/c1-12-5-4-6-16(13(12)2)21-17(25)11-26-19-23-22-18(24(19)3)14-7-9-15(20)10-8-14/h7-10,12-13,16H,4-6,11H2,1-3H3,(H,21,25). The van der Waals surface area contributed by atoms with E-state index in [0.29, 0.717) is 28.6 Å². The minimum Gasteiger partial charge on any atom is -0.352 e. The van der Waals surface area contributed by atoms with Crippen molar-refractivity contribution >= 4 is 17.7 Å². The Morgan fingerprint density at radius 2 is 2.00 bits per heavy atom. The summed E-state index contributed by atoms with van der Waals surface area (Å²) in [7, 11) is 1.85. The van der Waals surface area contributed by atoms with E-state index in [1.54, 1.807) is 12.1 Å². The number of rotatable bonds is 5. The van der Waals surface area contributed by atoms with E-state index in [4.69, 9.17) is 0 Å². The molecule has 2 aromatic rings. The molecule has 3 rings (SSSR count). The molecule has 7 heteroatoms. The maximum absolute atomic E-state index is 13.1. The fourth-order valence-electron chi connectivity index (χ4n) is 3.46. The van der Waals surface area contributed by atoms with Gasteiger partial charge in [-0.15, -0.1) is 10.2 Å². The van der Waals surface area contributed by atoms with Gasteiger partial charge in [-0.1, -0.05) is 38.5 Å². The van der Waals surface area contributed by atoms with Crippen molar-refractivity contribution in [3.8, 4) is 11.4 Å². The van der Waals surface area contributed by atoms with E-state index >= 15 is 0 Å². The molecule has 1 amide bonds. The van der Waals surface area contributed by atoms with Gasteiger partial charge in [-0.05, 0) is 42.5 Å². The summed E-state index contributed by atoms with van der Waals surface area (Å²) >= 11 is 1.37. The highest BCUT2D eigenvalue weighted by Crippen LogP contribution is 2.29. The van der Waals surface area contributed by atoms with E-state index in [-0.39, 0.29) is 17.8 Å². The fourth-order valence-corrected chi connectivity index (χ4v) is 4.18. The van der Waals surface area contributed by atoms with Crippen LogP contribution in [0.2, 0.25) is 0 Å². The number of aromatic nitrogens is 3. The third-order valence-corrected chi connectivity index (χ3v) is 6.34. The van der Waals surface area contributed by atoms with Crippen LogP contribution in [0.4, 0.5) is 4.39 Å². The predicted octanol–water partition coefficient (Wildman–Crippen LogP) is 3.65. The molecular weight excluding hydrogens is 351 g/mol. The zero-order chi connectivity index (χ0) is 18.7. The first kappa shape index (κ1) is 18.9. The summed E-state index contributed by atoms with van der Waals surface area (Å²) in [6.45, 7) is 4.48. The van der Waals surface area contributed by atoms with Crippen LogP contribution in [0.1, 0.15) is 33.1 Å². The van der Waals surface area contributed by atoms with E-state index in [2.05, 4.69) is 29.4 Å². The minimum atomic E-state index is -0.284. The molecule has 1 fully saturated rings. The maximum atomic E-state index is 13.1. The molecule has 3 unspecified atom stereocenters. The van der Waals surface area contributed by atoms with Gasteiger partial charge in [-0.3, -0.25) is 4.79 Å². The summed E-state index contributed by atoms with van der Waals surface area (Å²) in [5.41, 5.74) is 0.794. The van der Waals surface area contributed by atoms with Crippen LogP contribution in [-0.2, 0) is 11.8 Å². The first-order valence-electron chi connectivity index (χ1n) is 9.03. The summed E-state index contributed by atoms with van der Waals surface area (Å²) in [6.07, 6.45) is 3.47. The summed E-state index contributed by atoms with van der Waals surface area (Å²) in [6, 6.07) is 6.41. The molecule has 1 aliphatic rings. The van der Waals surface area contributed by atoms with Crippen LogP contribution in [0.15, 0.2) is 29.4 Å². The van der Waals surface area contributed by atoms with Crippen molar-refractivity contribution in [1.29, 1.82) is 0 Å². The lowest BCUT2D eigenvalue weighted by molar-refractivity contribution is -0.120. The van der Waals surface area contributed by atoms with Crippen LogP contribution in [0.3, 0.4) is 0 Å². The quantitative estimate of drug-likeness (QED) is 0.809. The first-order chi connectivity index (χ1) is 12.5. The molecule has 0 radical (unpaired) electrons. The van der Waals surface area contributed by atoms with E-state index in [9.17, 15) is 9.18 Å². The second-order valence-corrected chi connectivity index (χ2v) is 8.04. The Morgan fingerprint density at radius 1 is 1.27 bits per heavy atom. The zero-order valence-corrected chi connectivity index (χ0v) is 16.2. The highest BCUT2D eigenvalue weighted by molar-refractivity contribution is 7.99. The molecule has 0 aliphatic heterocycles. The topological polar surface area (TPSA) is 59.8 Å². The van der Waals surface area contributed by atoms with Crippen LogP contribution in [0.5, 0.6) is 0 Å². The van der Waals surface area contributed by atoms with Gasteiger partial charge in [0, 0.05) is 18.7 Å². The number of carbonyl (C=O) groups excluding carboxylic acids is 1. The molecule has 0 saturated heterocycles. The van der Waals surface area contributed by atoms with Crippen LogP contribution in [0, 0.1) is 17.7 Å². The van der Waals surface area contributed by atoms with E-state index in [1.807, 2.05) is 11.6 Å². The van der Waals surface area contributed by atoms with E-state index in [1.165, 1.54) is 36.7 Å². The van der Waals surface area contributed by atoms with Crippen molar-refractivity contribution in [1.82, 2.24) is 20.1 Å². The van der Waals surface area contributed by atoms with Gasteiger partial charge < -0.3 is 9.88 Å². The summed E-state index contributed by atoms with van der Waals surface area (Å²) in [5, 5.41) is 12.2. The zero-order valence-electron chi connectivity index (χ0n) is 15.4. The highest BCUT2D eigenvalue weighted by atomic mass is 32.2. The number of amides is 1. The summed E-state index contributed by atoms with van der Waals surface area (Å²) < 4.78 is 14.9. The van der Waals surface area contributed by atoms with Crippen LogP contribution in [-0.4, -0.2) is 32.5 Å². The van der Waals surface area contributed by atoms with Gasteiger partial charge in [0.15, 0.2) is 11.0 Å². The van der Waals surface area contributed by atoms with E-state index < -0.39 is 0 Å². The normalized spacial score (nSPS) is 23.0. The van der Waals surface area contributed by atoms with Crippen molar-refractivity contribution < 1.29 is 9.18 Å². The Hall–Kier alpha value is -1.89. The van der Waals surface area contributed by atoms with Crippen molar-refractivity contribution in [3.63, 3.8) is 0 Å².